The maximum atomic E-state index is 12.2. The van der Waals surface area contributed by atoms with E-state index in [1.807, 2.05) is 17.0 Å². The van der Waals surface area contributed by atoms with E-state index in [1.54, 1.807) is 12.4 Å². The van der Waals surface area contributed by atoms with Gasteiger partial charge in [-0.25, -0.2) is 4.79 Å². The first kappa shape index (κ1) is 15.3. The van der Waals surface area contributed by atoms with Crippen molar-refractivity contribution in [3.63, 3.8) is 0 Å². The molecule has 1 aliphatic heterocycles. The number of nitrogens with zero attached hydrogens (tertiary/aromatic N) is 3. The fourth-order valence-electron chi connectivity index (χ4n) is 2.72. The molecule has 1 saturated heterocycles. The van der Waals surface area contributed by atoms with Crippen molar-refractivity contribution in [1.82, 2.24) is 15.2 Å². The highest BCUT2D eigenvalue weighted by molar-refractivity contribution is 5.74. The number of piperazine rings is 1. The molecule has 23 heavy (non-hydrogen) atoms. The highest BCUT2D eigenvalue weighted by Crippen LogP contribution is 2.17. The van der Waals surface area contributed by atoms with Gasteiger partial charge in [0.15, 0.2) is 0 Å². The van der Waals surface area contributed by atoms with Crippen LogP contribution in [-0.2, 0) is 6.54 Å². The summed E-state index contributed by atoms with van der Waals surface area (Å²) < 4.78 is 0. The van der Waals surface area contributed by atoms with Crippen LogP contribution < -0.4 is 10.2 Å². The summed E-state index contributed by atoms with van der Waals surface area (Å²) in [7, 11) is 0. The average molecular weight is 310 g/mol. The normalized spacial score (nSPS) is 14.7. The van der Waals surface area contributed by atoms with Gasteiger partial charge in [0, 0.05) is 50.8 Å². The lowest BCUT2D eigenvalue weighted by molar-refractivity contribution is 0.194. The van der Waals surface area contributed by atoms with Crippen LogP contribution in [0.5, 0.6) is 0 Å². The number of pyridine rings is 1. The lowest BCUT2D eigenvalue weighted by Crippen LogP contribution is -2.51. The Morgan fingerprint density at radius 3 is 2.52 bits per heavy atom. The van der Waals surface area contributed by atoms with Crippen molar-refractivity contribution in [1.29, 1.82) is 0 Å². The minimum absolute atomic E-state index is 0.00240. The van der Waals surface area contributed by atoms with Crippen molar-refractivity contribution in [2.45, 2.75) is 13.5 Å². The molecule has 0 spiro atoms. The number of aryl methyl sites for hydroxylation is 1. The van der Waals surface area contributed by atoms with Crippen LogP contribution in [0.15, 0.2) is 48.8 Å². The van der Waals surface area contributed by atoms with Crippen molar-refractivity contribution in [3.05, 3.63) is 59.9 Å². The number of hydrogen-bond donors (Lipinski definition) is 1. The number of nitrogens with one attached hydrogen (secondary N) is 1. The molecule has 5 nitrogen and oxygen atoms in total. The second kappa shape index (κ2) is 7.13. The summed E-state index contributed by atoms with van der Waals surface area (Å²) in [6.45, 7) is 5.82. The Bertz CT molecular complexity index is 634. The lowest BCUT2D eigenvalue weighted by Gasteiger charge is -2.36. The zero-order valence-electron chi connectivity index (χ0n) is 13.4. The quantitative estimate of drug-likeness (QED) is 0.947. The summed E-state index contributed by atoms with van der Waals surface area (Å²) in [5.74, 6) is 0. The molecule has 3 rings (SSSR count). The van der Waals surface area contributed by atoms with Crippen molar-refractivity contribution in [2.75, 3.05) is 31.1 Å². The standard InChI is InChI=1S/C18H22N4O/c1-15-4-6-17(7-5-15)21-9-11-22(12-10-21)18(23)20-14-16-3-2-8-19-13-16/h2-8,13H,9-12,14H2,1H3,(H,20,23). The molecular weight excluding hydrogens is 288 g/mol. The summed E-state index contributed by atoms with van der Waals surface area (Å²) in [6.07, 6.45) is 3.51. The third-order valence-electron chi connectivity index (χ3n) is 4.13. The minimum Gasteiger partial charge on any atom is -0.368 e. The van der Waals surface area contributed by atoms with Crippen molar-refractivity contribution in [3.8, 4) is 0 Å². The zero-order valence-corrected chi connectivity index (χ0v) is 13.4. The number of rotatable bonds is 3. The molecule has 2 heterocycles. The highest BCUT2D eigenvalue weighted by Gasteiger charge is 2.20. The number of benzene rings is 1. The molecule has 0 radical (unpaired) electrons. The monoisotopic (exact) mass is 310 g/mol. The molecule has 1 aliphatic rings. The van der Waals surface area contributed by atoms with Gasteiger partial charge in [-0.1, -0.05) is 23.8 Å². The highest BCUT2D eigenvalue weighted by atomic mass is 16.2. The van der Waals surface area contributed by atoms with Gasteiger partial charge in [-0.15, -0.1) is 0 Å². The fourth-order valence-corrected chi connectivity index (χ4v) is 2.72. The van der Waals surface area contributed by atoms with Gasteiger partial charge in [0.2, 0.25) is 0 Å². The second-order valence-corrected chi connectivity index (χ2v) is 5.83. The Balaban J connectivity index is 1.48. The van der Waals surface area contributed by atoms with Gasteiger partial charge >= 0.3 is 6.03 Å². The predicted octanol–water partition coefficient (Wildman–Crippen LogP) is 2.42. The lowest BCUT2D eigenvalue weighted by atomic mass is 10.2. The van der Waals surface area contributed by atoms with E-state index < -0.39 is 0 Å². The Morgan fingerprint density at radius 1 is 1.13 bits per heavy atom. The molecule has 0 bridgehead atoms. The van der Waals surface area contributed by atoms with Crippen LogP contribution in [0.3, 0.4) is 0 Å². The maximum absolute atomic E-state index is 12.2. The van der Waals surface area contributed by atoms with Crippen LogP contribution in [0.4, 0.5) is 10.5 Å². The summed E-state index contributed by atoms with van der Waals surface area (Å²) >= 11 is 0. The zero-order chi connectivity index (χ0) is 16.1. The summed E-state index contributed by atoms with van der Waals surface area (Å²) in [6, 6.07) is 12.4. The van der Waals surface area contributed by atoms with Gasteiger partial charge in [-0.2, -0.15) is 0 Å². The van der Waals surface area contributed by atoms with E-state index in [1.165, 1.54) is 11.3 Å². The third kappa shape index (κ3) is 4.00. The maximum Gasteiger partial charge on any atom is 0.317 e. The molecule has 1 aromatic carbocycles. The van der Waals surface area contributed by atoms with Crippen LogP contribution in [0.25, 0.3) is 0 Å². The summed E-state index contributed by atoms with van der Waals surface area (Å²) in [4.78, 5) is 20.5. The van der Waals surface area contributed by atoms with E-state index >= 15 is 0 Å². The molecule has 1 fully saturated rings. The van der Waals surface area contributed by atoms with Crippen LogP contribution in [0, 0.1) is 6.92 Å². The van der Waals surface area contributed by atoms with E-state index in [-0.39, 0.29) is 6.03 Å². The number of aromatic nitrogens is 1. The van der Waals surface area contributed by atoms with Gasteiger partial charge in [0.25, 0.3) is 0 Å². The van der Waals surface area contributed by atoms with Gasteiger partial charge in [-0.3, -0.25) is 4.98 Å². The SMILES string of the molecule is Cc1ccc(N2CCN(C(=O)NCc3cccnc3)CC2)cc1. The predicted molar refractivity (Wildman–Crippen MR) is 91.4 cm³/mol. The first-order chi connectivity index (χ1) is 11.2. The van der Waals surface area contributed by atoms with Crippen LogP contribution in [-0.4, -0.2) is 42.1 Å². The third-order valence-corrected chi connectivity index (χ3v) is 4.13. The van der Waals surface area contributed by atoms with Crippen LogP contribution in [0.2, 0.25) is 0 Å². The number of urea groups is 1. The topological polar surface area (TPSA) is 48.5 Å². The van der Waals surface area contributed by atoms with Crippen LogP contribution in [0.1, 0.15) is 11.1 Å². The van der Waals surface area contributed by atoms with E-state index in [9.17, 15) is 4.79 Å². The van der Waals surface area contributed by atoms with E-state index in [4.69, 9.17) is 0 Å². The van der Waals surface area contributed by atoms with E-state index in [2.05, 4.69) is 46.4 Å². The van der Waals surface area contributed by atoms with E-state index in [0.717, 1.165) is 31.7 Å². The number of anilines is 1. The number of carbonyl (C=O) groups excluding carboxylic acids is 1. The molecule has 0 atom stereocenters. The van der Waals surface area contributed by atoms with Crippen molar-refractivity contribution in [2.24, 2.45) is 0 Å². The second-order valence-electron chi connectivity index (χ2n) is 5.83. The first-order valence-electron chi connectivity index (χ1n) is 7.96. The molecule has 0 saturated carbocycles. The Kier molecular flexibility index (Phi) is 4.76. The number of hydrogen-bond acceptors (Lipinski definition) is 3. The van der Waals surface area contributed by atoms with Gasteiger partial charge in [0.05, 0.1) is 0 Å². The summed E-state index contributed by atoms with van der Waals surface area (Å²) in [5, 5.41) is 2.96. The molecule has 120 valence electrons. The molecule has 1 aromatic heterocycles. The molecule has 5 heteroatoms. The molecule has 2 aromatic rings. The largest absolute Gasteiger partial charge is 0.368 e. The summed E-state index contributed by atoms with van der Waals surface area (Å²) in [5.41, 5.74) is 3.51. The van der Waals surface area contributed by atoms with Gasteiger partial charge < -0.3 is 15.1 Å². The molecule has 0 unspecified atom stereocenters. The molecule has 1 N–H and O–H groups in total. The smallest absolute Gasteiger partial charge is 0.317 e. The van der Waals surface area contributed by atoms with Gasteiger partial charge in [0.1, 0.15) is 0 Å². The van der Waals surface area contributed by atoms with Crippen molar-refractivity contribution < 1.29 is 4.79 Å². The number of amides is 2. The Morgan fingerprint density at radius 2 is 1.87 bits per heavy atom. The van der Waals surface area contributed by atoms with E-state index in [0.29, 0.717) is 6.54 Å². The molecule has 0 aliphatic carbocycles. The Labute approximate surface area is 136 Å². The fraction of sp³-hybridized carbons (Fsp3) is 0.333. The van der Waals surface area contributed by atoms with Crippen molar-refractivity contribution >= 4 is 11.7 Å². The molecular formula is C18H22N4O. The van der Waals surface area contributed by atoms with Gasteiger partial charge in [-0.05, 0) is 30.7 Å². The van der Waals surface area contributed by atoms with Crippen LogP contribution >= 0.6 is 0 Å². The average Bonchev–Trinajstić information content (AvgIpc) is 2.61. The molecule has 2 amide bonds. The first-order valence-corrected chi connectivity index (χ1v) is 7.96. The minimum atomic E-state index is -0.00240. The number of carbonyl (C=O) groups is 1. The Hall–Kier alpha value is -2.56.